The first-order valence-electron chi connectivity index (χ1n) is 8.94. The van der Waals surface area contributed by atoms with Crippen LogP contribution in [0.2, 0.25) is 0 Å². The van der Waals surface area contributed by atoms with Crippen molar-refractivity contribution in [2.75, 3.05) is 6.61 Å². The zero-order valence-corrected chi connectivity index (χ0v) is 15.0. The van der Waals surface area contributed by atoms with E-state index in [4.69, 9.17) is 4.74 Å². The minimum Gasteiger partial charge on any atom is -0.493 e. The number of nitrogens with one attached hydrogen (secondary N) is 1. The molecule has 2 N–H and O–H groups in total. The van der Waals surface area contributed by atoms with Crippen LogP contribution in [0.1, 0.15) is 16.1 Å². The van der Waals surface area contributed by atoms with Gasteiger partial charge in [-0.2, -0.15) is 0 Å². The average molecular weight is 375 g/mol. The van der Waals surface area contributed by atoms with Crippen LogP contribution < -0.4 is 4.74 Å². The summed E-state index contributed by atoms with van der Waals surface area (Å²) in [6, 6.07) is 21.1. The van der Waals surface area contributed by atoms with E-state index in [2.05, 4.69) is 4.98 Å². The summed E-state index contributed by atoms with van der Waals surface area (Å²) in [7, 11) is 0. The van der Waals surface area contributed by atoms with E-state index in [0.717, 1.165) is 22.2 Å². The molecule has 28 heavy (non-hydrogen) atoms. The molecule has 3 aromatic carbocycles. The molecule has 0 saturated carbocycles. The molecule has 5 heteroatoms. The predicted molar refractivity (Wildman–Crippen MR) is 106 cm³/mol. The number of fused-ring (bicyclic) bond motifs is 1. The van der Waals surface area contributed by atoms with Crippen LogP contribution in [0.3, 0.4) is 0 Å². The molecule has 0 fully saturated rings. The Hall–Kier alpha value is -3.60. The Labute approximate surface area is 161 Å². The second-order valence-corrected chi connectivity index (χ2v) is 6.44. The van der Waals surface area contributed by atoms with E-state index in [9.17, 15) is 14.3 Å². The van der Waals surface area contributed by atoms with Gasteiger partial charge in [0.25, 0.3) is 0 Å². The number of carboxylic acid groups (broad SMARTS) is 1. The van der Waals surface area contributed by atoms with Crippen LogP contribution in [-0.2, 0) is 6.42 Å². The highest BCUT2D eigenvalue weighted by Gasteiger charge is 2.20. The van der Waals surface area contributed by atoms with Gasteiger partial charge in [-0.1, -0.05) is 48.5 Å². The number of halogens is 1. The van der Waals surface area contributed by atoms with Gasteiger partial charge in [0.2, 0.25) is 0 Å². The molecule has 0 saturated heterocycles. The maximum absolute atomic E-state index is 13.3. The van der Waals surface area contributed by atoms with Crippen LogP contribution >= 0.6 is 0 Å². The van der Waals surface area contributed by atoms with Crippen LogP contribution in [0.25, 0.3) is 22.0 Å². The lowest BCUT2D eigenvalue weighted by molar-refractivity contribution is 0.0692. The standard InChI is InChI=1S/C23H18FNO3/c24-17-11-9-15(10-12-17)20-19-8-4-5-16(21(19)25-22(20)23(26)27)13-14-28-18-6-2-1-3-7-18/h1-12,25H,13-14H2,(H,26,27). The van der Waals surface area contributed by atoms with Gasteiger partial charge in [-0.25, -0.2) is 9.18 Å². The fraction of sp³-hybridized carbons (Fsp3) is 0.0870. The molecule has 0 atom stereocenters. The van der Waals surface area contributed by atoms with Crippen molar-refractivity contribution in [3.05, 3.63) is 89.9 Å². The zero-order chi connectivity index (χ0) is 19.5. The van der Waals surface area contributed by atoms with E-state index in [1.807, 2.05) is 48.5 Å². The normalized spacial score (nSPS) is 10.9. The topological polar surface area (TPSA) is 62.3 Å². The van der Waals surface area contributed by atoms with Crippen molar-refractivity contribution in [2.45, 2.75) is 6.42 Å². The molecular formula is C23H18FNO3. The van der Waals surface area contributed by atoms with Gasteiger partial charge < -0.3 is 14.8 Å². The molecule has 0 spiro atoms. The van der Waals surface area contributed by atoms with E-state index in [0.29, 0.717) is 24.2 Å². The molecule has 4 aromatic rings. The molecule has 0 radical (unpaired) electrons. The molecule has 140 valence electrons. The first kappa shape index (κ1) is 17.8. The number of aromatic nitrogens is 1. The van der Waals surface area contributed by atoms with E-state index in [1.54, 1.807) is 12.1 Å². The lowest BCUT2D eigenvalue weighted by atomic mass is 10.00. The SMILES string of the molecule is O=C(O)c1[nH]c2c(CCOc3ccccc3)cccc2c1-c1ccc(F)cc1. The number of carbonyl (C=O) groups is 1. The van der Waals surface area contributed by atoms with Crippen LogP contribution in [0, 0.1) is 5.82 Å². The summed E-state index contributed by atoms with van der Waals surface area (Å²) in [5, 5.41) is 10.5. The first-order chi connectivity index (χ1) is 13.6. The summed E-state index contributed by atoms with van der Waals surface area (Å²) in [5.74, 6) is -0.624. The van der Waals surface area contributed by atoms with Gasteiger partial charge in [0.1, 0.15) is 17.3 Å². The monoisotopic (exact) mass is 375 g/mol. The molecule has 0 aliphatic heterocycles. The van der Waals surface area contributed by atoms with Crippen LogP contribution in [0.4, 0.5) is 4.39 Å². The summed E-state index contributed by atoms with van der Waals surface area (Å²) in [6.45, 7) is 0.469. The molecule has 1 heterocycles. The average Bonchev–Trinajstić information content (AvgIpc) is 3.10. The molecule has 0 aliphatic rings. The van der Waals surface area contributed by atoms with Crippen molar-refractivity contribution in [1.82, 2.24) is 4.98 Å². The maximum atomic E-state index is 13.3. The van der Waals surface area contributed by atoms with Gasteiger partial charge in [-0.3, -0.25) is 0 Å². The van der Waals surface area contributed by atoms with Gasteiger partial charge in [0, 0.05) is 17.4 Å². The van der Waals surface area contributed by atoms with Gasteiger partial charge in [0.05, 0.1) is 12.1 Å². The van der Waals surface area contributed by atoms with Crippen molar-refractivity contribution < 1.29 is 19.0 Å². The number of carboxylic acids is 1. The largest absolute Gasteiger partial charge is 0.493 e. The lowest BCUT2D eigenvalue weighted by Crippen LogP contribution is -2.02. The number of aromatic carboxylic acids is 1. The summed E-state index contributed by atoms with van der Waals surface area (Å²) < 4.78 is 19.1. The number of aromatic amines is 1. The Morgan fingerprint density at radius 3 is 2.43 bits per heavy atom. The number of para-hydroxylation sites is 2. The van der Waals surface area contributed by atoms with E-state index < -0.39 is 5.97 Å². The molecular weight excluding hydrogens is 357 g/mol. The van der Waals surface area contributed by atoms with Gasteiger partial charge in [0.15, 0.2) is 0 Å². The van der Waals surface area contributed by atoms with Crippen LogP contribution in [0.5, 0.6) is 5.75 Å². The summed E-state index contributed by atoms with van der Waals surface area (Å²) in [6.07, 6.45) is 0.620. The molecule has 4 rings (SSSR count). The number of rotatable bonds is 6. The Bertz CT molecular complexity index is 1120. The fourth-order valence-electron chi connectivity index (χ4n) is 3.36. The fourth-order valence-corrected chi connectivity index (χ4v) is 3.36. The quantitative estimate of drug-likeness (QED) is 0.481. The van der Waals surface area contributed by atoms with Crippen molar-refractivity contribution in [3.63, 3.8) is 0 Å². The second-order valence-electron chi connectivity index (χ2n) is 6.44. The third-order valence-corrected chi connectivity index (χ3v) is 4.65. The molecule has 0 amide bonds. The minimum absolute atomic E-state index is 0.0954. The molecule has 0 bridgehead atoms. The summed E-state index contributed by atoms with van der Waals surface area (Å²) >= 11 is 0. The highest BCUT2D eigenvalue weighted by molar-refractivity contribution is 6.08. The number of benzene rings is 3. The Morgan fingerprint density at radius 1 is 0.964 bits per heavy atom. The minimum atomic E-state index is -1.05. The number of H-pyrrole nitrogens is 1. The van der Waals surface area contributed by atoms with Gasteiger partial charge in [-0.05, 0) is 35.4 Å². The second kappa shape index (κ2) is 7.56. The van der Waals surface area contributed by atoms with Gasteiger partial charge >= 0.3 is 5.97 Å². The zero-order valence-electron chi connectivity index (χ0n) is 15.0. The van der Waals surface area contributed by atoms with Gasteiger partial charge in [-0.15, -0.1) is 0 Å². The number of hydrogen-bond acceptors (Lipinski definition) is 2. The van der Waals surface area contributed by atoms with E-state index in [-0.39, 0.29) is 11.5 Å². The third-order valence-electron chi connectivity index (χ3n) is 4.65. The maximum Gasteiger partial charge on any atom is 0.352 e. The molecule has 1 aromatic heterocycles. The molecule has 0 aliphatic carbocycles. The first-order valence-corrected chi connectivity index (χ1v) is 8.94. The lowest BCUT2D eigenvalue weighted by Gasteiger charge is -2.07. The van der Waals surface area contributed by atoms with E-state index >= 15 is 0 Å². The van der Waals surface area contributed by atoms with Crippen LogP contribution in [0.15, 0.2) is 72.8 Å². The van der Waals surface area contributed by atoms with E-state index in [1.165, 1.54) is 12.1 Å². The van der Waals surface area contributed by atoms with Crippen LogP contribution in [-0.4, -0.2) is 22.7 Å². The van der Waals surface area contributed by atoms with Crippen molar-refractivity contribution in [1.29, 1.82) is 0 Å². The highest BCUT2D eigenvalue weighted by Crippen LogP contribution is 2.34. The Morgan fingerprint density at radius 2 is 1.71 bits per heavy atom. The molecule has 4 nitrogen and oxygen atoms in total. The highest BCUT2D eigenvalue weighted by atomic mass is 19.1. The Balaban J connectivity index is 1.70. The third kappa shape index (κ3) is 3.47. The molecule has 0 unspecified atom stereocenters. The number of hydrogen-bond donors (Lipinski definition) is 2. The summed E-state index contributed by atoms with van der Waals surface area (Å²) in [4.78, 5) is 14.9. The smallest absolute Gasteiger partial charge is 0.352 e. The summed E-state index contributed by atoms with van der Waals surface area (Å²) in [5.41, 5.74) is 3.04. The van der Waals surface area contributed by atoms with Crippen molar-refractivity contribution in [2.24, 2.45) is 0 Å². The Kier molecular flexibility index (Phi) is 4.81. The number of ether oxygens (including phenoxy) is 1. The van der Waals surface area contributed by atoms with Crippen molar-refractivity contribution in [3.8, 4) is 16.9 Å². The predicted octanol–water partition coefficient (Wildman–Crippen LogP) is 5.29. The van der Waals surface area contributed by atoms with Crippen molar-refractivity contribution >= 4 is 16.9 Å².